The fourth-order valence-corrected chi connectivity index (χ4v) is 1.34. The Morgan fingerprint density at radius 3 is 2.82 bits per heavy atom. The Bertz CT molecular complexity index is 435. The third-order valence-corrected chi connectivity index (χ3v) is 2.17. The summed E-state index contributed by atoms with van der Waals surface area (Å²) in [6, 6.07) is 4.11. The predicted octanol–water partition coefficient (Wildman–Crippen LogP) is 2.19. The topological polar surface area (TPSA) is 78.7 Å². The van der Waals surface area contributed by atoms with Crippen LogP contribution in [-0.4, -0.2) is 24.1 Å². The number of benzene rings is 1. The summed E-state index contributed by atoms with van der Waals surface area (Å²) < 4.78 is 9.67. The average Bonchev–Trinajstić information content (AvgIpc) is 2.27. The van der Waals surface area contributed by atoms with E-state index in [1.165, 1.54) is 18.2 Å². The summed E-state index contributed by atoms with van der Waals surface area (Å²) in [5.41, 5.74) is -0.270. The van der Waals surface area contributed by atoms with Gasteiger partial charge in [-0.25, -0.2) is 4.79 Å². The van der Waals surface area contributed by atoms with Crippen molar-refractivity contribution in [2.75, 3.05) is 13.2 Å². The van der Waals surface area contributed by atoms with Gasteiger partial charge in [-0.3, -0.25) is 10.1 Å². The highest BCUT2D eigenvalue weighted by molar-refractivity contribution is 6.34. The number of hydrogen-bond donors (Lipinski definition) is 0. The normalized spacial score (nSPS) is 9.76. The van der Waals surface area contributed by atoms with Gasteiger partial charge in [-0.2, -0.15) is 0 Å². The molecule has 1 aromatic rings. The second kappa shape index (κ2) is 6.05. The molecule has 0 heterocycles. The third-order valence-electron chi connectivity index (χ3n) is 1.79. The van der Waals surface area contributed by atoms with Crippen LogP contribution in [0.1, 0.15) is 6.92 Å². The lowest BCUT2D eigenvalue weighted by molar-refractivity contribution is -0.384. The molecule has 17 heavy (non-hydrogen) atoms. The van der Waals surface area contributed by atoms with Crippen molar-refractivity contribution in [2.24, 2.45) is 0 Å². The summed E-state index contributed by atoms with van der Waals surface area (Å²) in [7, 11) is 0. The van der Waals surface area contributed by atoms with Crippen LogP contribution in [0.3, 0.4) is 0 Å². The lowest BCUT2D eigenvalue weighted by Crippen LogP contribution is -2.14. The SMILES string of the molecule is CCOC(=O)COc1cccc([N+](=O)[O-])c1Cl. The monoisotopic (exact) mass is 259 g/mol. The second-order valence-corrected chi connectivity index (χ2v) is 3.32. The van der Waals surface area contributed by atoms with Crippen LogP contribution in [0.5, 0.6) is 5.75 Å². The summed E-state index contributed by atoms with van der Waals surface area (Å²) in [5.74, 6) is -0.482. The molecule has 0 bridgehead atoms. The minimum Gasteiger partial charge on any atom is -0.480 e. The molecule has 0 unspecified atom stereocenters. The molecule has 0 saturated heterocycles. The number of halogens is 1. The first-order valence-electron chi connectivity index (χ1n) is 4.77. The highest BCUT2D eigenvalue weighted by Gasteiger charge is 2.17. The van der Waals surface area contributed by atoms with Gasteiger partial charge in [0.2, 0.25) is 0 Å². The van der Waals surface area contributed by atoms with E-state index >= 15 is 0 Å². The molecule has 0 saturated carbocycles. The van der Waals surface area contributed by atoms with Crippen molar-refractivity contribution in [3.63, 3.8) is 0 Å². The molecule has 0 aromatic heterocycles. The van der Waals surface area contributed by atoms with Crippen LogP contribution in [0.25, 0.3) is 0 Å². The third kappa shape index (κ3) is 3.60. The fraction of sp³-hybridized carbons (Fsp3) is 0.300. The highest BCUT2D eigenvalue weighted by Crippen LogP contribution is 2.33. The molecule has 6 nitrogen and oxygen atoms in total. The largest absolute Gasteiger partial charge is 0.480 e. The van der Waals surface area contributed by atoms with E-state index in [1.54, 1.807) is 6.92 Å². The van der Waals surface area contributed by atoms with Crippen LogP contribution in [0.4, 0.5) is 5.69 Å². The number of carbonyl (C=O) groups excluding carboxylic acids is 1. The van der Waals surface area contributed by atoms with Crippen molar-refractivity contribution in [1.29, 1.82) is 0 Å². The van der Waals surface area contributed by atoms with Gasteiger partial charge in [0.05, 0.1) is 11.5 Å². The summed E-state index contributed by atoms with van der Waals surface area (Å²) >= 11 is 5.75. The number of nitro groups is 1. The zero-order chi connectivity index (χ0) is 12.8. The molecule has 7 heteroatoms. The molecule has 0 atom stereocenters. The molecule has 0 radical (unpaired) electrons. The molecule has 1 rings (SSSR count). The van der Waals surface area contributed by atoms with Crippen LogP contribution in [0, 0.1) is 10.1 Å². The first kappa shape index (κ1) is 13.2. The molecule has 0 amide bonds. The molecule has 0 aliphatic rings. The van der Waals surface area contributed by atoms with E-state index in [0.29, 0.717) is 0 Å². The van der Waals surface area contributed by atoms with E-state index in [2.05, 4.69) is 4.74 Å². The Balaban J connectivity index is 2.75. The Morgan fingerprint density at radius 2 is 2.24 bits per heavy atom. The van der Waals surface area contributed by atoms with Crippen LogP contribution in [-0.2, 0) is 9.53 Å². The van der Waals surface area contributed by atoms with Gasteiger partial charge in [0.15, 0.2) is 11.6 Å². The smallest absolute Gasteiger partial charge is 0.344 e. The molecular formula is C10H10ClNO5. The van der Waals surface area contributed by atoms with Gasteiger partial charge in [0, 0.05) is 6.07 Å². The molecule has 0 fully saturated rings. The van der Waals surface area contributed by atoms with Gasteiger partial charge in [0.1, 0.15) is 5.75 Å². The van der Waals surface area contributed by atoms with E-state index in [0.717, 1.165) is 0 Å². The van der Waals surface area contributed by atoms with Gasteiger partial charge in [-0.15, -0.1) is 0 Å². The number of ether oxygens (including phenoxy) is 2. The molecule has 0 spiro atoms. The number of hydrogen-bond acceptors (Lipinski definition) is 5. The summed E-state index contributed by atoms with van der Waals surface area (Å²) in [4.78, 5) is 21.0. The summed E-state index contributed by atoms with van der Waals surface area (Å²) in [5, 5.41) is 10.5. The lowest BCUT2D eigenvalue weighted by atomic mass is 10.3. The van der Waals surface area contributed by atoms with E-state index in [9.17, 15) is 14.9 Å². The average molecular weight is 260 g/mol. The van der Waals surface area contributed by atoms with Gasteiger partial charge >= 0.3 is 5.97 Å². The van der Waals surface area contributed by atoms with Gasteiger partial charge in [0.25, 0.3) is 5.69 Å². The Kier molecular flexibility index (Phi) is 4.71. The van der Waals surface area contributed by atoms with E-state index < -0.39 is 10.9 Å². The zero-order valence-electron chi connectivity index (χ0n) is 9.01. The lowest BCUT2D eigenvalue weighted by Gasteiger charge is -2.07. The maximum Gasteiger partial charge on any atom is 0.344 e. The van der Waals surface area contributed by atoms with Crippen molar-refractivity contribution in [3.05, 3.63) is 33.3 Å². The van der Waals surface area contributed by atoms with Gasteiger partial charge in [-0.1, -0.05) is 17.7 Å². The summed E-state index contributed by atoms with van der Waals surface area (Å²) in [6.45, 7) is 1.57. The minimum absolute atomic E-state index is 0.0777. The number of nitro benzene ring substituents is 1. The number of carbonyl (C=O) groups is 1. The van der Waals surface area contributed by atoms with E-state index in [1.807, 2.05) is 0 Å². The standard InChI is InChI=1S/C10H10ClNO5/c1-2-16-9(13)6-17-8-5-3-4-7(10(8)11)12(14)15/h3-5H,2,6H2,1H3. The highest BCUT2D eigenvalue weighted by atomic mass is 35.5. The number of esters is 1. The van der Waals surface area contributed by atoms with Crippen LogP contribution >= 0.6 is 11.6 Å². The Hall–Kier alpha value is -1.82. The van der Waals surface area contributed by atoms with Crippen molar-refractivity contribution in [2.45, 2.75) is 6.92 Å². The minimum atomic E-state index is -0.625. The van der Waals surface area contributed by atoms with Crippen LogP contribution < -0.4 is 4.74 Å². The fourth-order valence-electron chi connectivity index (χ4n) is 1.09. The number of rotatable bonds is 5. The maximum absolute atomic E-state index is 11.0. The van der Waals surface area contributed by atoms with Crippen molar-refractivity contribution in [3.8, 4) is 5.75 Å². The molecule has 1 aromatic carbocycles. The molecule has 92 valence electrons. The van der Waals surface area contributed by atoms with Gasteiger partial charge in [-0.05, 0) is 13.0 Å². The molecule has 0 aliphatic carbocycles. The molecule has 0 N–H and O–H groups in total. The summed E-state index contributed by atoms with van der Waals surface area (Å²) in [6.07, 6.45) is 0. The maximum atomic E-state index is 11.0. The zero-order valence-corrected chi connectivity index (χ0v) is 9.77. The van der Waals surface area contributed by atoms with E-state index in [4.69, 9.17) is 16.3 Å². The van der Waals surface area contributed by atoms with Gasteiger partial charge < -0.3 is 9.47 Å². The Morgan fingerprint density at radius 1 is 1.53 bits per heavy atom. The van der Waals surface area contributed by atoms with Crippen molar-refractivity contribution < 1.29 is 19.2 Å². The van der Waals surface area contributed by atoms with Crippen LogP contribution in [0.2, 0.25) is 5.02 Å². The predicted molar refractivity (Wildman–Crippen MR) is 60.2 cm³/mol. The molecule has 0 aliphatic heterocycles. The quantitative estimate of drug-likeness (QED) is 0.460. The molecular weight excluding hydrogens is 250 g/mol. The number of nitrogens with zero attached hydrogens (tertiary/aromatic N) is 1. The second-order valence-electron chi connectivity index (χ2n) is 2.94. The Labute approximate surface area is 102 Å². The van der Waals surface area contributed by atoms with E-state index in [-0.39, 0.29) is 29.7 Å². The van der Waals surface area contributed by atoms with Crippen molar-refractivity contribution in [1.82, 2.24) is 0 Å². The van der Waals surface area contributed by atoms with Crippen LogP contribution in [0.15, 0.2) is 18.2 Å². The first-order chi connectivity index (χ1) is 8.06. The van der Waals surface area contributed by atoms with Crippen molar-refractivity contribution >= 4 is 23.3 Å². The first-order valence-corrected chi connectivity index (χ1v) is 5.15.